The van der Waals surface area contributed by atoms with Crippen molar-refractivity contribution in [1.82, 2.24) is 4.98 Å². The molecular formula is C12H16ClN3O2. The smallest absolute Gasteiger partial charge is 0.276 e. The topological polar surface area (TPSA) is 68.1 Å². The average molecular weight is 270 g/mol. The standard InChI is InChI=1S/C12H16ClN3O2/c1-12(2)4-3-8(7-12)14-11-6-9(16(17)18)5-10(13)15-11/h5-6,8H,3-4,7H2,1-2H3,(H,14,15). The normalized spacial score (nSPS) is 21.8. The lowest BCUT2D eigenvalue weighted by atomic mass is 9.92. The van der Waals surface area contributed by atoms with Gasteiger partial charge in [0.05, 0.1) is 17.1 Å². The van der Waals surface area contributed by atoms with Crippen LogP contribution in [0.3, 0.4) is 0 Å². The van der Waals surface area contributed by atoms with Gasteiger partial charge in [-0.3, -0.25) is 10.1 Å². The zero-order valence-electron chi connectivity index (χ0n) is 10.4. The second-order valence-corrected chi connectivity index (χ2v) is 5.93. The molecule has 0 saturated heterocycles. The minimum absolute atomic E-state index is 0.0326. The van der Waals surface area contributed by atoms with E-state index in [0.29, 0.717) is 17.3 Å². The molecule has 5 nitrogen and oxygen atoms in total. The average Bonchev–Trinajstić information content (AvgIpc) is 2.57. The Hall–Kier alpha value is -1.36. The van der Waals surface area contributed by atoms with Crippen molar-refractivity contribution in [3.63, 3.8) is 0 Å². The van der Waals surface area contributed by atoms with Gasteiger partial charge in [-0.2, -0.15) is 0 Å². The van der Waals surface area contributed by atoms with E-state index >= 15 is 0 Å². The second-order valence-electron chi connectivity index (χ2n) is 5.54. The minimum Gasteiger partial charge on any atom is -0.367 e. The molecule has 2 rings (SSSR count). The van der Waals surface area contributed by atoms with Crippen molar-refractivity contribution in [2.45, 2.75) is 39.2 Å². The first kappa shape index (κ1) is 13.1. The number of hydrogen-bond acceptors (Lipinski definition) is 4. The molecule has 1 atom stereocenters. The van der Waals surface area contributed by atoms with E-state index in [1.54, 1.807) is 0 Å². The molecule has 0 spiro atoms. The van der Waals surface area contributed by atoms with E-state index in [0.717, 1.165) is 19.3 Å². The summed E-state index contributed by atoms with van der Waals surface area (Å²) in [4.78, 5) is 14.4. The number of anilines is 1. The lowest BCUT2D eigenvalue weighted by Gasteiger charge is -2.18. The highest BCUT2D eigenvalue weighted by Gasteiger charge is 2.31. The van der Waals surface area contributed by atoms with Crippen molar-refractivity contribution < 1.29 is 4.92 Å². The predicted octanol–water partition coefficient (Wildman–Crippen LogP) is 3.63. The summed E-state index contributed by atoms with van der Waals surface area (Å²) in [7, 11) is 0. The maximum absolute atomic E-state index is 10.7. The predicted molar refractivity (Wildman–Crippen MR) is 70.9 cm³/mol. The van der Waals surface area contributed by atoms with Gasteiger partial charge in [-0.05, 0) is 24.7 Å². The van der Waals surface area contributed by atoms with Gasteiger partial charge in [-0.15, -0.1) is 0 Å². The number of halogens is 1. The Kier molecular flexibility index (Phi) is 3.43. The molecule has 1 N–H and O–H groups in total. The Morgan fingerprint density at radius 2 is 2.28 bits per heavy atom. The van der Waals surface area contributed by atoms with Crippen LogP contribution in [0.25, 0.3) is 0 Å². The SMILES string of the molecule is CC1(C)CCC(Nc2cc([N+](=O)[O-])cc(Cl)n2)C1. The molecule has 1 aliphatic carbocycles. The first-order valence-electron chi connectivity index (χ1n) is 5.94. The molecular weight excluding hydrogens is 254 g/mol. The third-order valence-corrected chi connectivity index (χ3v) is 3.50. The summed E-state index contributed by atoms with van der Waals surface area (Å²) in [6.45, 7) is 4.45. The zero-order chi connectivity index (χ0) is 13.3. The van der Waals surface area contributed by atoms with Crippen LogP contribution in [-0.4, -0.2) is 15.9 Å². The minimum atomic E-state index is -0.461. The van der Waals surface area contributed by atoms with Crippen LogP contribution in [0.2, 0.25) is 5.15 Å². The Morgan fingerprint density at radius 3 is 2.83 bits per heavy atom. The quantitative estimate of drug-likeness (QED) is 0.517. The summed E-state index contributed by atoms with van der Waals surface area (Å²) >= 11 is 5.78. The molecule has 6 heteroatoms. The number of pyridine rings is 1. The molecule has 1 unspecified atom stereocenters. The van der Waals surface area contributed by atoms with Crippen LogP contribution >= 0.6 is 11.6 Å². The Labute approximate surface area is 111 Å². The van der Waals surface area contributed by atoms with Gasteiger partial charge in [0.25, 0.3) is 5.69 Å². The van der Waals surface area contributed by atoms with E-state index in [1.165, 1.54) is 12.1 Å². The lowest BCUT2D eigenvalue weighted by molar-refractivity contribution is -0.384. The van der Waals surface area contributed by atoms with Gasteiger partial charge in [0, 0.05) is 6.04 Å². The van der Waals surface area contributed by atoms with Gasteiger partial charge in [0.15, 0.2) is 0 Å². The molecule has 0 radical (unpaired) electrons. The van der Waals surface area contributed by atoms with E-state index in [2.05, 4.69) is 24.1 Å². The van der Waals surface area contributed by atoms with Crippen LogP contribution < -0.4 is 5.32 Å². The molecule has 1 saturated carbocycles. The third-order valence-electron chi connectivity index (χ3n) is 3.31. The van der Waals surface area contributed by atoms with Crippen molar-refractivity contribution in [2.24, 2.45) is 5.41 Å². The molecule has 1 aliphatic rings. The highest BCUT2D eigenvalue weighted by Crippen LogP contribution is 2.38. The molecule has 0 aromatic carbocycles. The molecule has 0 bridgehead atoms. The summed E-state index contributed by atoms with van der Waals surface area (Å²) < 4.78 is 0. The van der Waals surface area contributed by atoms with E-state index in [1.807, 2.05) is 0 Å². The first-order valence-corrected chi connectivity index (χ1v) is 6.32. The van der Waals surface area contributed by atoms with Crippen LogP contribution in [0.1, 0.15) is 33.1 Å². The van der Waals surface area contributed by atoms with E-state index < -0.39 is 4.92 Å². The Balaban J connectivity index is 2.12. The number of aromatic nitrogens is 1. The maximum Gasteiger partial charge on any atom is 0.276 e. The fourth-order valence-corrected chi connectivity index (χ4v) is 2.63. The number of nitrogens with zero attached hydrogens (tertiary/aromatic N) is 2. The summed E-state index contributed by atoms with van der Waals surface area (Å²) in [5.74, 6) is 0.483. The van der Waals surface area contributed by atoms with Gasteiger partial charge >= 0.3 is 0 Å². The number of hydrogen-bond donors (Lipinski definition) is 1. The molecule has 18 heavy (non-hydrogen) atoms. The zero-order valence-corrected chi connectivity index (χ0v) is 11.2. The molecule has 1 aromatic heterocycles. The highest BCUT2D eigenvalue weighted by molar-refractivity contribution is 6.29. The highest BCUT2D eigenvalue weighted by atomic mass is 35.5. The van der Waals surface area contributed by atoms with Crippen LogP contribution in [0.4, 0.5) is 11.5 Å². The Morgan fingerprint density at radius 1 is 1.56 bits per heavy atom. The van der Waals surface area contributed by atoms with E-state index in [4.69, 9.17) is 11.6 Å². The molecule has 0 amide bonds. The van der Waals surface area contributed by atoms with Crippen LogP contribution in [0.5, 0.6) is 0 Å². The second kappa shape index (κ2) is 4.72. The summed E-state index contributed by atoms with van der Waals surface area (Å²) in [5, 5.41) is 14.1. The van der Waals surface area contributed by atoms with Crippen molar-refractivity contribution in [3.8, 4) is 0 Å². The molecule has 1 fully saturated rings. The molecule has 1 heterocycles. The van der Waals surface area contributed by atoms with Crippen molar-refractivity contribution in [1.29, 1.82) is 0 Å². The number of rotatable bonds is 3. The van der Waals surface area contributed by atoms with Crippen LogP contribution in [0.15, 0.2) is 12.1 Å². The lowest BCUT2D eigenvalue weighted by Crippen LogP contribution is -2.18. The molecule has 1 aromatic rings. The third kappa shape index (κ3) is 3.10. The van der Waals surface area contributed by atoms with Gasteiger partial charge in [-0.1, -0.05) is 25.4 Å². The van der Waals surface area contributed by atoms with Gasteiger partial charge in [-0.25, -0.2) is 4.98 Å². The fourth-order valence-electron chi connectivity index (χ4n) is 2.43. The van der Waals surface area contributed by atoms with E-state index in [9.17, 15) is 10.1 Å². The van der Waals surface area contributed by atoms with Crippen molar-refractivity contribution in [3.05, 3.63) is 27.4 Å². The number of nitrogens with one attached hydrogen (secondary N) is 1. The summed E-state index contributed by atoms with van der Waals surface area (Å²) in [5.41, 5.74) is 0.289. The summed E-state index contributed by atoms with van der Waals surface area (Å²) in [6, 6.07) is 2.99. The van der Waals surface area contributed by atoms with Crippen molar-refractivity contribution >= 4 is 23.1 Å². The maximum atomic E-state index is 10.7. The van der Waals surface area contributed by atoms with E-state index in [-0.39, 0.29) is 10.8 Å². The van der Waals surface area contributed by atoms with Crippen LogP contribution in [-0.2, 0) is 0 Å². The van der Waals surface area contributed by atoms with Gasteiger partial charge in [0.1, 0.15) is 11.0 Å². The molecule has 0 aliphatic heterocycles. The monoisotopic (exact) mass is 269 g/mol. The van der Waals surface area contributed by atoms with Gasteiger partial charge < -0.3 is 5.32 Å². The van der Waals surface area contributed by atoms with Crippen LogP contribution in [0, 0.1) is 15.5 Å². The largest absolute Gasteiger partial charge is 0.367 e. The Bertz CT molecular complexity index is 476. The van der Waals surface area contributed by atoms with Gasteiger partial charge in [0.2, 0.25) is 0 Å². The fraction of sp³-hybridized carbons (Fsp3) is 0.583. The first-order chi connectivity index (χ1) is 8.35. The summed E-state index contributed by atoms with van der Waals surface area (Å²) in [6.07, 6.45) is 3.23. The molecule has 98 valence electrons. The number of nitro groups is 1. The van der Waals surface area contributed by atoms with Crippen molar-refractivity contribution in [2.75, 3.05) is 5.32 Å².